The van der Waals surface area contributed by atoms with Crippen LogP contribution in [0.1, 0.15) is 46.0 Å². The number of nitrogens with one attached hydrogen (secondary N) is 2. The second-order valence-electron chi connectivity index (χ2n) is 7.58. The van der Waals surface area contributed by atoms with Gasteiger partial charge in [-0.15, -0.1) is 0 Å². The van der Waals surface area contributed by atoms with Gasteiger partial charge in [0, 0.05) is 12.5 Å². The number of sulfone groups is 1. The minimum absolute atomic E-state index is 0.0684. The minimum Gasteiger partial charge on any atom is -0.482 e. The third-order valence-corrected chi connectivity index (χ3v) is 7.43. The maximum absolute atomic E-state index is 12.8. The van der Waals surface area contributed by atoms with Gasteiger partial charge in [0.15, 0.2) is 16.4 Å². The molecule has 1 aliphatic carbocycles. The Kier molecular flexibility index (Phi) is 5.74. The summed E-state index contributed by atoms with van der Waals surface area (Å²) in [4.78, 5) is 23.8. The Bertz CT molecular complexity index is 829. The summed E-state index contributed by atoms with van der Waals surface area (Å²) in [6.45, 7) is 3.65. The zero-order chi connectivity index (χ0) is 19.6. The average molecular weight is 394 g/mol. The first-order valence-electron chi connectivity index (χ1n) is 9.35. The highest BCUT2D eigenvalue weighted by atomic mass is 32.2. The van der Waals surface area contributed by atoms with Crippen LogP contribution >= 0.6 is 0 Å². The van der Waals surface area contributed by atoms with Crippen molar-refractivity contribution in [1.29, 1.82) is 0 Å². The Morgan fingerprint density at radius 2 is 2.00 bits per heavy atom. The molecule has 1 atom stereocenters. The van der Waals surface area contributed by atoms with Crippen molar-refractivity contribution >= 4 is 27.3 Å². The lowest BCUT2D eigenvalue weighted by atomic mass is 9.87. The van der Waals surface area contributed by atoms with Gasteiger partial charge in [0.1, 0.15) is 5.75 Å². The Hall–Kier alpha value is -2.09. The molecule has 2 aliphatic rings. The normalized spacial score (nSPS) is 23.6. The van der Waals surface area contributed by atoms with Crippen molar-refractivity contribution < 1.29 is 22.7 Å². The predicted octanol–water partition coefficient (Wildman–Crippen LogP) is 2.26. The highest BCUT2D eigenvalue weighted by Crippen LogP contribution is 2.31. The number of fused-ring (bicyclic) bond motifs is 1. The molecule has 1 aromatic carbocycles. The van der Waals surface area contributed by atoms with Gasteiger partial charge in [-0.3, -0.25) is 9.59 Å². The van der Waals surface area contributed by atoms with E-state index in [9.17, 15) is 18.0 Å². The van der Waals surface area contributed by atoms with Gasteiger partial charge in [-0.05, 0) is 56.7 Å². The molecule has 1 saturated carbocycles. The molecule has 0 spiro atoms. The number of anilines is 1. The molecule has 1 aliphatic heterocycles. The van der Waals surface area contributed by atoms with Gasteiger partial charge in [-0.1, -0.05) is 6.92 Å². The topological polar surface area (TPSA) is 102 Å². The van der Waals surface area contributed by atoms with Crippen LogP contribution in [-0.2, 0) is 19.4 Å². The quantitative estimate of drug-likeness (QED) is 0.798. The fraction of sp³-hybridized carbons (Fsp3) is 0.579. The van der Waals surface area contributed by atoms with E-state index in [1.165, 1.54) is 25.1 Å². The first-order valence-corrected chi connectivity index (χ1v) is 10.9. The molecule has 1 aromatic rings. The van der Waals surface area contributed by atoms with Crippen LogP contribution in [-0.4, -0.2) is 38.1 Å². The van der Waals surface area contributed by atoms with E-state index < -0.39 is 15.1 Å². The second kappa shape index (κ2) is 7.88. The molecule has 7 nitrogen and oxygen atoms in total. The number of carbonyl (C=O) groups is 2. The van der Waals surface area contributed by atoms with Crippen molar-refractivity contribution in [3.8, 4) is 5.75 Å². The lowest BCUT2D eigenvalue weighted by molar-refractivity contribution is -0.122. The van der Waals surface area contributed by atoms with E-state index >= 15 is 0 Å². The molecule has 3 rings (SSSR count). The molecule has 1 heterocycles. The van der Waals surface area contributed by atoms with Gasteiger partial charge in [-0.25, -0.2) is 8.42 Å². The van der Waals surface area contributed by atoms with E-state index in [4.69, 9.17) is 4.74 Å². The first kappa shape index (κ1) is 19.7. The van der Waals surface area contributed by atoms with Crippen molar-refractivity contribution in [2.75, 3.05) is 11.9 Å². The fourth-order valence-electron chi connectivity index (χ4n) is 3.53. The molecule has 1 unspecified atom stereocenters. The van der Waals surface area contributed by atoms with Crippen LogP contribution in [0.4, 0.5) is 5.69 Å². The van der Waals surface area contributed by atoms with Gasteiger partial charge >= 0.3 is 0 Å². The standard InChI is InChI=1S/C19H26N2O5S/c1-12-3-5-14(6-4-12)20-18(22)9-13(2)27(24,25)15-7-8-17-16(10-15)21-19(23)11-26-17/h7-8,10,12-14H,3-6,9,11H2,1-2H3,(H,20,22)(H,21,23). The highest BCUT2D eigenvalue weighted by Gasteiger charge is 2.29. The third-order valence-electron chi connectivity index (χ3n) is 5.30. The van der Waals surface area contributed by atoms with E-state index in [2.05, 4.69) is 17.6 Å². The lowest BCUT2D eigenvalue weighted by Crippen LogP contribution is -2.39. The molecule has 0 bridgehead atoms. The molecule has 8 heteroatoms. The molecule has 2 amide bonds. The summed E-state index contributed by atoms with van der Waals surface area (Å²) in [6.07, 6.45) is 3.97. The second-order valence-corrected chi connectivity index (χ2v) is 9.95. The van der Waals surface area contributed by atoms with Crippen LogP contribution in [0.25, 0.3) is 0 Å². The van der Waals surface area contributed by atoms with Crippen LogP contribution in [0.2, 0.25) is 0 Å². The number of benzene rings is 1. The SMILES string of the molecule is CC1CCC(NC(=O)CC(C)S(=O)(=O)c2ccc3c(c2)NC(=O)CO3)CC1. The third kappa shape index (κ3) is 4.61. The Morgan fingerprint density at radius 1 is 1.30 bits per heavy atom. The van der Waals surface area contributed by atoms with Gasteiger partial charge in [0.05, 0.1) is 15.8 Å². The van der Waals surface area contributed by atoms with Crippen LogP contribution in [0.15, 0.2) is 23.1 Å². The van der Waals surface area contributed by atoms with Crippen molar-refractivity contribution in [3.63, 3.8) is 0 Å². The zero-order valence-corrected chi connectivity index (χ0v) is 16.5. The molecule has 0 saturated heterocycles. The minimum atomic E-state index is -3.70. The van der Waals surface area contributed by atoms with Crippen molar-refractivity contribution in [1.82, 2.24) is 5.32 Å². The molecule has 2 N–H and O–H groups in total. The van der Waals surface area contributed by atoms with Gasteiger partial charge in [0.2, 0.25) is 5.91 Å². The van der Waals surface area contributed by atoms with E-state index in [0.29, 0.717) is 17.4 Å². The van der Waals surface area contributed by atoms with Crippen LogP contribution in [0, 0.1) is 5.92 Å². The average Bonchev–Trinajstić information content (AvgIpc) is 2.62. The monoisotopic (exact) mass is 394 g/mol. The molecular formula is C19H26N2O5S. The predicted molar refractivity (Wildman–Crippen MR) is 101 cm³/mol. The molecule has 27 heavy (non-hydrogen) atoms. The number of ether oxygens (including phenoxy) is 1. The highest BCUT2D eigenvalue weighted by molar-refractivity contribution is 7.92. The molecule has 0 aromatic heterocycles. The van der Waals surface area contributed by atoms with E-state index in [1.807, 2.05) is 0 Å². The Morgan fingerprint density at radius 3 is 2.70 bits per heavy atom. The zero-order valence-electron chi connectivity index (χ0n) is 15.7. The first-order chi connectivity index (χ1) is 12.8. The van der Waals surface area contributed by atoms with Gasteiger partial charge in [-0.2, -0.15) is 0 Å². The number of rotatable bonds is 5. The number of hydrogen-bond donors (Lipinski definition) is 2. The summed E-state index contributed by atoms with van der Waals surface area (Å²) in [5.74, 6) is 0.558. The maximum Gasteiger partial charge on any atom is 0.262 e. The maximum atomic E-state index is 12.8. The van der Waals surface area contributed by atoms with Gasteiger partial charge < -0.3 is 15.4 Å². The molecule has 148 valence electrons. The Labute approximate surface area is 159 Å². The number of amides is 2. The smallest absolute Gasteiger partial charge is 0.262 e. The van der Waals surface area contributed by atoms with Crippen LogP contribution in [0.5, 0.6) is 5.75 Å². The van der Waals surface area contributed by atoms with Crippen molar-refractivity contribution in [3.05, 3.63) is 18.2 Å². The summed E-state index contributed by atoms with van der Waals surface area (Å²) in [6, 6.07) is 4.50. The van der Waals surface area contributed by atoms with E-state index in [-0.39, 0.29) is 35.8 Å². The van der Waals surface area contributed by atoms with Crippen LogP contribution in [0.3, 0.4) is 0 Å². The molecule has 0 radical (unpaired) electrons. The summed E-state index contributed by atoms with van der Waals surface area (Å²) in [7, 11) is -3.70. The number of hydrogen-bond acceptors (Lipinski definition) is 5. The van der Waals surface area contributed by atoms with Crippen molar-refractivity contribution in [2.24, 2.45) is 5.92 Å². The largest absolute Gasteiger partial charge is 0.482 e. The molecule has 1 fully saturated rings. The Balaban J connectivity index is 1.65. The summed E-state index contributed by atoms with van der Waals surface area (Å²) >= 11 is 0. The summed E-state index contributed by atoms with van der Waals surface area (Å²) < 4.78 is 30.9. The number of carbonyl (C=O) groups excluding carboxylic acids is 2. The summed E-state index contributed by atoms with van der Waals surface area (Å²) in [5.41, 5.74) is 0.334. The van der Waals surface area contributed by atoms with E-state index in [0.717, 1.165) is 25.7 Å². The summed E-state index contributed by atoms with van der Waals surface area (Å²) in [5, 5.41) is 4.71. The van der Waals surface area contributed by atoms with Crippen LogP contribution < -0.4 is 15.4 Å². The van der Waals surface area contributed by atoms with Crippen molar-refractivity contribution in [2.45, 2.75) is 62.1 Å². The van der Waals surface area contributed by atoms with Gasteiger partial charge in [0.25, 0.3) is 5.91 Å². The lowest BCUT2D eigenvalue weighted by Gasteiger charge is -2.27. The van der Waals surface area contributed by atoms with E-state index in [1.54, 1.807) is 0 Å². The fourth-order valence-corrected chi connectivity index (χ4v) is 4.91. The molecular weight excluding hydrogens is 368 g/mol.